The van der Waals surface area contributed by atoms with Crippen molar-refractivity contribution in [3.8, 4) is 0 Å². The number of carbonyl (C=O) groups excluding carboxylic acids is 2. The zero-order valence-corrected chi connectivity index (χ0v) is 16.4. The number of halogens is 3. The fourth-order valence-corrected chi connectivity index (χ4v) is 3.55. The molecule has 2 amide bonds. The zero-order chi connectivity index (χ0) is 21.7. The van der Waals surface area contributed by atoms with Crippen molar-refractivity contribution in [2.45, 2.75) is 25.4 Å². The first kappa shape index (κ1) is 21.9. The van der Waals surface area contributed by atoms with Gasteiger partial charge in [0.1, 0.15) is 0 Å². The van der Waals surface area contributed by atoms with Crippen molar-refractivity contribution in [1.82, 2.24) is 5.32 Å². The number of rotatable bonds is 6. The Bertz CT molecular complexity index is 859. The molecule has 0 spiro atoms. The van der Waals surface area contributed by atoms with E-state index in [0.717, 1.165) is 25.0 Å². The largest absolute Gasteiger partial charge is 0.416 e. The number of nitrogens with two attached hydrogens (primary N) is 1. The normalized spacial score (nSPS) is 17.6. The molecule has 0 saturated carbocycles. The van der Waals surface area contributed by atoms with Crippen LogP contribution in [0.2, 0.25) is 0 Å². The molecule has 1 fully saturated rings. The van der Waals surface area contributed by atoms with Crippen LogP contribution in [-0.4, -0.2) is 38.1 Å². The number of carbonyl (C=O) groups is 2. The maximum Gasteiger partial charge on any atom is 0.416 e. The predicted octanol–water partition coefficient (Wildman–Crippen LogP) is 2.75. The van der Waals surface area contributed by atoms with Crippen LogP contribution in [0.5, 0.6) is 0 Å². The minimum atomic E-state index is -4.51. The number of alkyl halides is 3. The summed E-state index contributed by atoms with van der Waals surface area (Å²) >= 11 is 0. The minimum Gasteiger partial charge on any atom is -0.386 e. The van der Waals surface area contributed by atoms with Crippen LogP contribution in [0.1, 0.15) is 24.8 Å². The van der Waals surface area contributed by atoms with Crippen molar-refractivity contribution in [1.29, 1.82) is 0 Å². The SMILES string of the molecule is NC(=O)C1=CNCC(C(=O)N(CCC2CCOCC2)c2cccc(C(F)(F)F)c2)=C1. The summed E-state index contributed by atoms with van der Waals surface area (Å²) in [5.41, 5.74) is 5.03. The van der Waals surface area contributed by atoms with E-state index in [1.54, 1.807) is 0 Å². The van der Waals surface area contributed by atoms with E-state index in [9.17, 15) is 22.8 Å². The third-order valence-corrected chi connectivity index (χ3v) is 5.27. The first-order valence-corrected chi connectivity index (χ1v) is 9.76. The lowest BCUT2D eigenvalue weighted by Crippen LogP contribution is -2.38. The summed E-state index contributed by atoms with van der Waals surface area (Å²) in [6.07, 6.45) is 0.627. The Balaban J connectivity index is 1.88. The molecule has 30 heavy (non-hydrogen) atoms. The first-order valence-electron chi connectivity index (χ1n) is 9.76. The topological polar surface area (TPSA) is 84.7 Å². The van der Waals surface area contributed by atoms with Gasteiger partial charge in [-0.2, -0.15) is 13.2 Å². The summed E-state index contributed by atoms with van der Waals surface area (Å²) in [5.74, 6) is -0.819. The molecule has 0 aliphatic carbocycles. The monoisotopic (exact) mass is 423 g/mol. The van der Waals surface area contributed by atoms with Gasteiger partial charge in [-0.1, -0.05) is 6.07 Å². The molecule has 3 rings (SSSR count). The van der Waals surface area contributed by atoms with E-state index in [4.69, 9.17) is 10.5 Å². The highest BCUT2D eigenvalue weighted by Gasteiger charge is 2.32. The molecule has 1 saturated heterocycles. The molecule has 3 N–H and O–H groups in total. The van der Waals surface area contributed by atoms with E-state index in [2.05, 4.69) is 5.32 Å². The van der Waals surface area contributed by atoms with Crippen LogP contribution in [-0.2, 0) is 20.5 Å². The number of nitrogens with one attached hydrogen (secondary N) is 1. The Morgan fingerprint density at radius 3 is 2.63 bits per heavy atom. The van der Waals surface area contributed by atoms with Gasteiger partial charge in [0, 0.05) is 43.8 Å². The van der Waals surface area contributed by atoms with Crippen LogP contribution in [0.25, 0.3) is 0 Å². The lowest BCUT2D eigenvalue weighted by Gasteiger charge is -2.29. The second-order valence-corrected chi connectivity index (χ2v) is 7.36. The van der Waals surface area contributed by atoms with Crippen molar-refractivity contribution in [3.63, 3.8) is 0 Å². The summed E-state index contributed by atoms with van der Waals surface area (Å²) in [4.78, 5) is 26.0. The lowest BCUT2D eigenvalue weighted by atomic mass is 9.96. The molecule has 2 aliphatic rings. The number of anilines is 1. The van der Waals surface area contributed by atoms with E-state index in [1.807, 2.05) is 0 Å². The molecule has 1 aromatic carbocycles. The Hall–Kier alpha value is -2.81. The average Bonchev–Trinajstić information content (AvgIpc) is 2.74. The van der Waals surface area contributed by atoms with E-state index in [-0.39, 0.29) is 29.9 Å². The van der Waals surface area contributed by atoms with Gasteiger partial charge < -0.3 is 20.7 Å². The highest BCUT2D eigenvalue weighted by molar-refractivity contribution is 6.08. The number of primary amides is 1. The summed E-state index contributed by atoms with van der Waals surface area (Å²) in [5, 5.41) is 2.82. The molecule has 2 aliphatic heterocycles. The Morgan fingerprint density at radius 1 is 1.23 bits per heavy atom. The quantitative estimate of drug-likeness (QED) is 0.737. The number of ether oxygens (including phenoxy) is 1. The number of benzene rings is 1. The molecule has 0 atom stereocenters. The van der Waals surface area contributed by atoms with E-state index < -0.39 is 23.6 Å². The molecule has 1 aromatic rings. The second kappa shape index (κ2) is 9.34. The van der Waals surface area contributed by atoms with Gasteiger partial charge >= 0.3 is 6.18 Å². The van der Waals surface area contributed by atoms with Crippen molar-refractivity contribution in [3.05, 3.63) is 53.3 Å². The van der Waals surface area contributed by atoms with Crippen LogP contribution in [0.4, 0.5) is 18.9 Å². The highest BCUT2D eigenvalue weighted by atomic mass is 19.4. The van der Waals surface area contributed by atoms with Gasteiger partial charge in [0.2, 0.25) is 5.91 Å². The molecule has 0 bridgehead atoms. The lowest BCUT2D eigenvalue weighted by molar-refractivity contribution is -0.137. The van der Waals surface area contributed by atoms with E-state index in [1.165, 1.54) is 29.3 Å². The maximum absolute atomic E-state index is 13.2. The van der Waals surface area contributed by atoms with Crippen molar-refractivity contribution >= 4 is 17.5 Å². The van der Waals surface area contributed by atoms with Crippen LogP contribution in [0.15, 0.2) is 47.7 Å². The van der Waals surface area contributed by atoms with Crippen molar-refractivity contribution < 1.29 is 27.5 Å². The number of nitrogens with zero attached hydrogens (tertiary/aromatic N) is 1. The average molecular weight is 423 g/mol. The molecule has 0 radical (unpaired) electrons. The summed E-state index contributed by atoms with van der Waals surface area (Å²) in [6, 6.07) is 4.72. The number of hydrogen-bond donors (Lipinski definition) is 2. The Kier molecular flexibility index (Phi) is 6.81. The first-order chi connectivity index (χ1) is 14.3. The summed E-state index contributed by atoms with van der Waals surface area (Å²) in [7, 11) is 0. The van der Waals surface area contributed by atoms with Crippen LogP contribution < -0.4 is 16.0 Å². The van der Waals surface area contributed by atoms with Crippen LogP contribution >= 0.6 is 0 Å². The second-order valence-electron chi connectivity index (χ2n) is 7.36. The molecular weight excluding hydrogens is 399 g/mol. The van der Waals surface area contributed by atoms with Crippen molar-refractivity contribution in [2.24, 2.45) is 11.7 Å². The Morgan fingerprint density at radius 2 is 1.97 bits per heavy atom. The van der Waals surface area contributed by atoms with Crippen LogP contribution in [0.3, 0.4) is 0 Å². The third kappa shape index (κ3) is 5.41. The number of amides is 2. The third-order valence-electron chi connectivity index (χ3n) is 5.27. The van der Waals surface area contributed by atoms with Gasteiger partial charge in [0.15, 0.2) is 0 Å². The molecule has 0 unspecified atom stereocenters. The number of hydrogen-bond acceptors (Lipinski definition) is 4. The number of dihydropyridines is 1. The van der Waals surface area contributed by atoms with Gasteiger partial charge in [-0.05, 0) is 49.5 Å². The van der Waals surface area contributed by atoms with Gasteiger partial charge in [0.05, 0.1) is 11.1 Å². The highest BCUT2D eigenvalue weighted by Crippen LogP contribution is 2.32. The zero-order valence-electron chi connectivity index (χ0n) is 16.4. The molecule has 162 valence electrons. The van der Waals surface area contributed by atoms with Crippen molar-refractivity contribution in [2.75, 3.05) is 31.2 Å². The maximum atomic E-state index is 13.2. The molecule has 9 heteroatoms. The van der Waals surface area contributed by atoms with E-state index >= 15 is 0 Å². The molecule has 0 aromatic heterocycles. The van der Waals surface area contributed by atoms with Gasteiger partial charge in [-0.25, -0.2) is 0 Å². The van der Waals surface area contributed by atoms with Gasteiger partial charge in [-0.3, -0.25) is 9.59 Å². The standard InChI is InChI=1S/C21H24F3N3O3/c22-21(23,24)17-2-1-3-18(11-17)27(7-4-14-5-8-30-9-6-14)20(29)16-10-15(19(25)28)12-26-13-16/h1-3,10-12,14,26H,4-9,13H2,(H2,25,28). The fourth-order valence-electron chi connectivity index (χ4n) is 3.55. The van der Waals surface area contributed by atoms with Gasteiger partial charge in [-0.15, -0.1) is 0 Å². The summed E-state index contributed by atoms with van der Waals surface area (Å²) < 4.78 is 45.0. The smallest absolute Gasteiger partial charge is 0.386 e. The fraction of sp³-hybridized carbons (Fsp3) is 0.429. The van der Waals surface area contributed by atoms with E-state index in [0.29, 0.717) is 25.6 Å². The van der Waals surface area contributed by atoms with Crippen LogP contribution in [0, 0.1) is 5.92 Å². The minimum absolute atomic E-state index is 0.137. The Labute approximate surface area is 172 Å². The molecular formula is C21H24F3N3O3. The molecule has 6 nitrogen and oxygen atoms in total. The predicted molar refractivity (Wildman–Crippen MR) is 105 cm³/mol. The summed E-state index contributed by atoms with van der Waals surface area (Å²) in [6.45, 7) is 1.70. The molecule has 2 heterocycles. The van der Waals surface area contributed by atoms with Gasteiger partial charge in [0.25, 0.3) is 5.91 Å².